The smallest absolute Gasteiger partial charge is 0.254 e. The molecule has 2 atom stereocenters. The average Bonchev–Trinajstić information content (AvgIpc) is 3.71. The lowest BCUT2D eigenvalue weighted by atomic mass is 9.87. The number of rotatable bonds is 6. The largest absolute Gasteiger partial charge is 0.338 e. The Kier molecular flexibility index (Phi) is 7.18. The third kappa shape index (κ3) is 5.40. The lowest BCUT2D eigenvalue weighted by Crippen LogP contribution is -2.38. The number of aromatic nitrogens is 1. The van der Waals surface area contributed by atoms with Gasteiger partial charge in [0.2, 0.25) is 0 Å². The molecule has 4 aromatic rings. The van der Waals surface area contributed by atoms with Crippen LogP contribution in [0.2, 0.25) is 0 Å². The van der Waals surface area contributed by atoms with Gasteiger partial charge in [0.15, 0.2) is 0 Å². The average molecular weight is 532 g/mol. The number of carbonyl (C=O) groups excluding carboxylic acids is 1. The highest BCUT2D eigenvalue weighted by Crippen LogP contribution is 2.37. The van der Waals surface area contributed by atoms with Crippen molar-refractivity contribution in [2.75, 3.05) is 32.7 Å². The van der Waals surface area contributed by atoms with Crippen molar-refractivity contribution in [1.82, 2.24) is 14.8 Å². The summed E-state index contributed by atoms with van der Waals surface area (Å²) in [7, 11) is 0. The van der Waals surface area contributed by atoms with Crippen LogP contribution in [-0.2, 0) is 0 Å². The maximum atomic E-state index is 13.5. The summed E-state index contributed by atoms with van der Waals surface area (Å²) in [5.74, 6) is 1.22. The predicted octanol–water partition coefficient (Wildman–Crippen LogP) is 6.75. The molecule has 0 saturated carbocycles. The Morgan fingerprint density at radius 3 is 2.57 bits per heavy atom. The van der Waals surface area contributed by atoms with Crippen molar-refractivity contribution in [1.29, 1.82) is 0 Å². The Balaban J connectivity index is 1.12. The van der Waals surface area contributed by atoms with Crippen LogP contribution in [0.3, 0.4) is 0 Å². The second kappa shape index (κ2) is 10.9. The van der Waals surface area contributed by atoms with Crippen LogP contribution in [0.1, 0.15) is 46.2 Å². The van der Waals surface area contributed by atoms with Crippen molar-refractivity contribution in [3.63, 3.8) is 0 Å². The summed E-state index contributed by atoms with van der Waals surface area (Å²) in [6.07, 6.45) is 3.97. The summed E-state index contributed by atoms with van der Waals surface area (Å²) >= 11 is 3.31. The summed E-state index contributed by atoms with van der Waals surface area (Å²) < 4.78 is 13.3. The number of hydrogen-bond donors (Lipinski definition) is 0. The Labute approximate surface area is 225 Å². The number of hydrogen-bond acceptors (Lipinski definition) is 5. The predicted molar refractivity (Wildman–Crippen MR) is 149 cm³/mol. The van der Waals surface area contributed by atoms with Crippen LogP contribution in [0, 0.1) is 11.7 Å². The zero-order valence-electron chi connectivity index (χ0n) is 20.6. The minimum absolute atomic E-state index is 0.121. The van der Waals surface area contributed by atoms with E-state index in [-0.39, 0.29) is 11.7 Å². The van der Waals surface area contributed by atoms with Crippen molar-refractivity contribution in [3.8, 4) is 10.6 Å². The van der Waals surface area contributed by atoms with E-state index in [1.807, 2.05) is 41.8 Å². The molecule has 4 nitrogen and oxygen atoms in total. The summed E-state index contributed by atoms with van der Waals surface area (Å²) in [6.45, 7) is 4.64. The molecule has 1 unspecified atom stereocenters. The monoisotopic (exact) mass is 531 g/mol. The molecule has 0 N–H and O–H groups in total. The van der Waals surface area contributed by atoms with Gasteiger partial charge in [-0.15, -0.1) is 11.3 Å². The van der Waals surface area contributed by atoms with Crippen molar-refractivity contribution < 1.29 is 9.18 Å². The van der Waals surface area contributed by atoms with E-state index in [4.69, 9.17) is 0 Å². The number of halogens is 1. The number of benzene rings is 1. The third-order valence-electron chi connectivity index (χ3n) is 7.89. The summed E-state index contributed by atoms with van der Waals surface area (Å²) in [4.78, 5) is 23.6. The minimum atomic E-state index is -0.170. The zero-order valence-corrected chi connectivity index (χ0v) is 22.3. The van der Waals surface area contributed by atoms with Crippen LogP contribution in [0.4, 0.5) is 4.39 Å². The summed E-state index contributed by atoms with van der Waals surface area (Å²) in [6, 6.07) is 17.1. The number of nitrogens with zero attached hydrogens (tertiary/aromatic N) is 3. The number of carbonyl (C=O) groups is 1. The number of piperidine rings is 1. The van der Waals surface area contributed by atoms with Gasteiger partial charge >= 0.3 is 0 Å². The molecule has 3 aromatic heterocycles. The van der Waals surface area contributed by atoms with Crippen LogP contribution >= 0.6 is 22.7 Å². The molecule has 2 fully saturated rings. The highest BCUT2D eigenvalue weighted by molar-refractivity contribution is 7.13. The van der Waals surface area contributed by atoms with E-state index in [9.17, 15) is 9.18 Å². The first-order valence-corrected chi connectivity index (χ1v) is 14.8. The molecule has 0 spiro atoms. The number of thiophene rings is 2. The number of pyridine rings is 1. The zero-order chi connectivity index (χ0) is 25.2. The van der Waals surface area contributed by atoms with Gasteiger partial charge in [0.1, 0.15) is 5.82 Å². The molecule has 190 valence electrons. The maximum absolute atomic E-state index is 13.5. The molecule has 7 heteroatoms. The van der Waals surface area contributed by atoms with Crippen molar-refractivity contribution >= 4 is 28.6 Å². The molecule has 1 aromatic carbocycles. The van der Waals surface area contributed by atoms with Gasteiger partial charge in [-0.3, -0.25) is 9.78 Å². The topological polar surface area (TPSA) is 36.4 Å². The fraction of sp³-hybridized carbons (Fsp3) is 0.333. The molecule has 2 saturated heterocycles. The van der Waals surface area contributed by atoms with E-state index < -0.39 is 0 Å². The fourth-order valence-electron chi connectivity index (χ4n) is 5.87. The first-order chi connectivity index (χ1) is 18.1. The maximum Gasteiger partial charge on any atom is 0.254 e. The van der Waals surface area contributed by atoms with Crippen molar-refractivity contribution in [3.05, 3.63) is 99.4 Å². The second-order valence-corrected chi connectivity index (χ2v) is 11.9. The third-order valence-corrected chi connectivity index (χ3v) is 9.54. The Morgan fingerprint density at radius 2 is 1.84 bits per heavy atom. The molecular formula is C30H30FN3OS2. The molecule has 2 aliphatic heterocycles. The molecule has 0 bridgehead atoms. The van der Waals surface area contributed by atoms with Crippen LogP contribution in [0.5, 0.6) is 0 Å². The van der Waals surface area contributed by atoms with Gasteiger partial charge < -0.3 is 9.80 Å². The molecule has 5 heterocycles. The van der Waals surface area contributed by atoms with E-state index >= 15 is 0 Å². The number of likely N-dealkylation sites (tertiary alicyclic amines) is 2. The van der Waals surface area contributed by atoms with Crippen LogP contribution in [0.15, 0.2) is 76.9 Å². The van der Waals surface area contributed by atoms with E-state index in [2.05, 4.69) is 31.6 Å². The Morgan fingerprint density at radius 1 is 1.00 bits per heavy atom. The molecule has 1 amide bonds. The lowest BCUT2D eigenvalue weighted by Gasteiger charge is -2.34. The van der Waals surface area contributed by atoms with Crippen LogP contribution in [0.25, 0.3) is 10.6 Å². The van der Waals surface area contributed by atoms with E-state index in [0.717, 1.165) is 61.7 Å². The normalized spacial score (nSPS) is 20.9. The molecule has 0 aliphatic carbocycles. The molecule has 2 aliphatic rings. The minimum Gasteiger partial charge on any atom is -0.338 e. The van der Waals surface area contributed by atoms with Gasteiger partial charge in [-0.05, 0) is 96.1 Å². The molecule has 6 rings (SSSR count). The molecule has 0 radical (unpaired) electrons. The lowest BCUT2D eigenvalue weighted by molar-refractivity contribution is 0.0782. The molecule has 37 heavy (non-hydrogen) atoms. The molecular weight excluding hydrogens is 501 g/mol. The van der Waals surface area contributed by atoms with Crippen LogP contribution < -0.4 is 0 Å². The van der Waals surface area contributed by atoms with Crippen molar-refractivity contribution in [2.45, 2.75) is 24.7 Å². The van der Waals surface area contributed by atoms with Gasteiger partial charge in [0, 0.05) is 37.1 Å². The first kappa shape index (κ1) is 24.5. The van der Waals surface area contributed by atoms with Gasteiger partial charge in [-0.1, -0.05) is 18.2 Å². The second-order valence-electron chi connectivity index (χ2n) is 10.2. The highest BCUT2D eigenvalue weighted by atomic mass is 32.1. The standard InChI is InChI=1S/C30H30FN3OS2/c31-26-6-4-21(5-7-26)22-8-12-33(13-9-22)16-25-17-34(18-27(25)23-10-14-36-19-23)30(35)24-15-29(37-20-24)28-3-1-2-11-32-28/h1-7,10-11,14-15,19-20,22,25,27H,8-9,12-13,16-18H2/t25?,27-/m0/s1. The van der Waals surface area contributed by atoms with Gasteiger partial charge in [-0.25, -0.2) is 4.39 Å². The van der Waals surface area contributed by atoms with E-state index in [0.29, 0.717) is 17.8 Å². The van der Waals surface area contributed by atoms with Gasteiger partial charge in [0.05, 0.1) is 16.1 Å². The highest BCUT2D eigenvalue weighted by Gasteiger charge is 2.38. The summed E-state index contributed by atoms with van der Waals surface area (Å²) in [5, 5.41) is 6.36. The Hall–Kier alpha value is -2.87. The van der Waals surface area contributed by atoms with E-state index in [1.165, 1.54) is 11.1 Å². The van der Waals surface area contributed by atoms with Gasteiger partial charge in [-0.2, -0.15) is 11.3 Å². The fourth-order valence-corrected chi connectivity index (χ4v) is 7.46. The van der Waals surface area contributed by atoms with Crippen LogP contribution in [-0.4, -0.2) is 53.4 Å². The van der Waals surface area contributed by atoms with Crippen molar-refractivity contribution in [2.24, 2.45) is 5.92 Å². The summed E-state index contributed by atoms with van der Waals surface area (Å²) in [5.41, 5.74) is 4.27. The Bertz CT molecular complexity index is 1310. The SMILES string of the molecule is O=C(c1csc(-c2ccccn2)c1)N1CC(CN2CCC(c3ccc(F)cc3)CC2)[C@H](c2ccsc2)C1. The van der Waals surface area contributed by atoms with Gasteiger partial charge in [0.25, 0.3) is 5.91 Å². The van der Waals surface area contributed by atoms with E-state index in [1.54, 1.807) is 41.0 Å². The first-order valence-electron chi connectivity index (χ1n) is 12.9. The number of amides is 1. The quantitative estimate of drug-likeness (QED) is 0.276.